The molecule has 1 N–H and O–H groups in total. The van der Waals surface area contributed by atoms with Crippen molar-refractivity contribution < 1.29 is 4.79 Å². The molecule has 0 aromatic heterocycles. The van der Waals surface area contributed by atoms with Gasteiger partial charge in [-0.2, -0.15) is 0 Å². The van der Waals surface area contributed by atoms with Crippen molar-refractivity contribution in [1.82, 2.24) is 10.2 Å². The number of benzene rings is 1. The van der Waals surface area contributed by atoms with Crippen LogP contribution in [-0.4, -0.2) is 29.9 Å². The van der Waals surface area contributed by atoms with Crippen molar-refractivity contribution in [2.45, 2.75) is 19.0 Å². The molecule has 1 saturated heterocycles. The number of nitrogens with zero attached hydrogens (tertiary/aromatic N) is 1. The van der Waals surface area contributed by atoms with E-state index < -0.39 is 0 Å². The summed E-state index contributed by atoms with van der Waals surface area (Å²) in [4.78, 5) is 14.2. The first kappa shape index (κ1) is 10.3. The van der Waals surface area contributed by atoms with Gasteiger partial charge in [0, 0.05) is 29.2 Å². The van der Waals surface area contributed by atoms with Gasteiger partial charge in [0.25, 0.3) is 5.91 Å². The van der Waals surface area contributed by atoms with Gasteiger partial charge in [0.05, 0.1) is 0 Å². The highest BCUT2D eigenvalue weighted by atomic mass is 79.9. The Hall–Kier alpha value is -0.870. The molecule has 2 aliphatic rings. The van der Waals surface area contributed by atoms with E-state index in [0.717, 1.165) is 41.7 Å². The fraction of sp³-hybridized carbons (Fsp3) is 0.417. The van der Waals surface area contributed by atoms with Crippen molar-refractivity contribution in [3.8, 4) is 0 Å². The fourth-order valence-corrected chi connectivity index (χ4v) is 2.86. The van der Waals surface area contributed by atoms with E-state index in [9.17, 15) is 4.79 Å². The number of halogens is 1. The zero-order valence-corrected chi connectivity index (χ0v) is 10.5. The third-order valence-corrected chi connectivity index (χ3v) is 3.87. The van der Waals surface area contributed by atoms with Crippen LogP contribution in [0, 0.1) is 0 Å². The quantitative estimate of drug-likeness (QED) is 0.851. The number of fused-ring (bicyclic) bond motifs is 1. The minimum absolute atomic E-state index is 0.185. The van der Waals surface area contributed by atoms with Gasteiger partial charge < -0.3 is 10.2 Å². The van der Waals surface area contributed by atoms with Crippen LogP contribution < -0.4 is 5.32 Å². The number of carbonyl (C=O) groups excluding carboxylic acids is 1. The number of hydrogen-bond donors (Lipinski definition) is 1. The van der Waals surface area contributed by atoms with Gasteiger partial charge in [0.2, 0.25) is 0 Å². The number of nitrogens with one attached hydrogen (secondary N) is 1. The maximum atomic E-state index is 12.2. The molecule has 0 aliphatic carbocycles. The largest absolute Gasteiger partial charge is 0.330 e. The molecule has 16 heavy (non-hydrogen) atoms. The van der Waals surface area contributed by atoms with E-state index in [1.54, 1.807) is 0 Å². The van der Waals surface area contributed by atoms with Crippen molar-refractivity contribution in [1.29, 1.82) is 0 Å². The summed E-state index contributed by atoms with van der Waals surface area (Å²) in [5.41, 5.74) is 2.02. The first-order chi connectivity index (χ1) is 7.75. The monoisotopic (exact) mass is 280 g/mol. The molecule has 1 unspecified atom stereocenters. The summed E-state index contributed by atoms with van der Waals surface area (Å²) in [5, 5.41) is 3.30. The first-order valence-corrected chi connectivity index (χ1v) is 6.35. The lowest BCUT2D eigenvalue weighted by Gasteiger charge is -2.22. The highest BCUT2D eigenvalue weighted by Gasteiger charge is 2.33. The summed E-state index contributed by atoms with van der Waals surface area (Å²) in [6.45, 7) is 2.73. The number of hydrogen-bond acceptors (Lipinski definition) is 2. The Morgan fingerprint density at radius 1 is 1.44 bits per heavy atom. The van der Waals surface area contributed by atoms with E-state index in [4.69, 9.17) is 0 Å². The predicted molar refractivity (Wildman–Crippen MR) is 65.3 cm³/mol. The molecule has 1 aromatic rings. The third-order valence-electron chi connectivity index (χ3n) is 3.38. The summed E-state index contributed by atoms with van der Waals surface area (Å²) >= 11 is 3.41. The normalized spacial score (nSPS) is 23.9. The lowest BCUT2D eigenvalue weighted by atomic mass is 10.1. The molecule has 2 aliphatic heterocycles. The topological polar surface area (TPSA) is 32.3 Å². The van der Waals surface area contributed by atoms with Crippen molar-refractivity contribution in [3.05, 3.63) is 33.8 Å². The van der Waals surface area contributed by atoms with E-state index in [1.807, 2.05) is 23.1 Å². The standard InChI is InChI=1S/C12H13BrN2O/c13-9-2-1-8-7-15(10-3-4-14-6-10)12(16)11(8)5-9/h1-2,5,10,14H,3-4,6-7H2. The highest BCUT2D eigenvalue weighted by molar-refractivity contribution is 9.10. The van der Waals surface area contributed by atoms with Gasteiger partial charge in [-0.05, 0) is 30.7 Å². The molecule has 1 fully saturated rings. The molecule has 84 valence electrons. The Bertz CT molecular complexity index is 441. The van der Waals surface area contributed by atoms with Gasteiger partial charge >= 0.3 is 0 Å². The molecule has 2 heterocycles. The van der Waals surface area contributed by atoms with E-state index in [1.165, 1.54) is 0 Å². The molecule has 1 atom stereocenters. The minimum Gasteiger partial charge on any atom is -0.330 e. The second-order valence-corrected chi connectivity index (χ2v) is 5.30. The van der Waals surface area contributed by atoms with Crippen LogP contribution in [0.25, 0.3) is 0 Å². The van der Waals surface area contributed by atoms with E-state index >= 15 is 0 Å². The van der Waals surface area contributed by atoms with Crippen LogP contribution in [0.15, 0.2) is 22.7 Å². The van der Waals surface area contributed by atoms with Gasteiger partial charge in [-0.25, -0.2) is 0 Å². The van der Waals surface area contributed by atoms with Crippen LogP contribution in [0.4, 0.5) is 0 Å². The first-order valence-electron chi connectivity index (χ1n) is 5.56. The Labute approximate surface area is 103 Å². The smallest absolute Gasteiger partial charge is 0.254 e. The summed E-state index contributed by atoms with van der Waals surface area (Å²) in [6.07, 6.45) is 1.07. The average molecular weight is 281 g/mol. The van der Waals surface area contributed by atoms with Crippen molar-refractivity contribution in [2.75, 3.05) is 13.1 Å². The Balaban J connectivity index is 1.91. The van der Waals surface area contributed by atoms with Gasteiger partial charge in [0.15, 0.2) is 0 Å². The maximum Gasteiger partial charge on any atom is 0.254 e. The Kier molecular flexibility index (Phi) is 2.48. The molecule has 0 saturated carbocycles. The van der Waals surface area contributed by atoms with Crippen LogP contribution >= 0.6 is 15.9 Å². The number of amides is 1. The molecule has 3 nitrogen and oxygen atoms in total. The summed E-state index contributed by atoms with van der Waals surface area (Å²) in [6, 6.07) is 6.35. The summed E-state index contributed by atoms with van der Waals surface area (Å²) in [5.74, 6) is 0.185. The van der Waals surface area contributed by atoms with Gasteiger partial charge in [-0.1, -0.05) is 22.0 Å². The summed E-state index contributed by atoms with van der Waals surface area (Å²) in [7, 11) is 0. The predicted octanol–water partition coefficient (Wildman–Crippen LogP) is 1.77. The zero-order valence-electron chi connectivity index (χ0n) is 8.87. The second kappa shape index (κ2) is 3.86. The Morgan fingerprint density at radius 3 is 3.06 bits per heavy atom. The lowest BCUT2D eigenvalue weighted by molar-refractivity contribution is 0.0717. The fourth-order valence-electron chi connectivity index (χ4n) is 2.50. The minimum atomic E-state index is 0.185. The van der Waals surface area contributed by atoms with Gasteiger partial charge in [-0.15, -0.1) is 0 Å². The maximum absolute atomic E-state index is 12.2. The number of carbonyl (C=O) groups is 1. The van der Waals surface area contributed by atoms with Crippen molar-refractivity contribution in [3.63, 3.8) is 0 Å². The SMILES string of the molecule is O=C1c2cc(Br)ccc2CN1C1CCNC1. The van der Waals surface area contributed by atoms with Crippen LogP contribution in [0.5, 0.6) is 0 Å². The van der Waals surface area contributed by atoms with Crippen LogP contribution in [0.1, 0.15) is 22.3 Å². The van der Waals surface area contributed by atoms with Crippen LogP contribution in [-0.2, 0) is 6.54 Å². The molecule has 1 amide bonds. The highest BCUT2D eigenvalue weighted by Crippen LogP contribution is 2.28. The van der Waals surface area contributed by atoms with Gasteiger partial charge in [-0.3, -0.25) is 4.79 Å². The molecular formula is C12H13BrN2O. The van der Waals surface area contributed by atoms with E-state index in [2.05, 4.69) is 21.2 Å². The van der Waals surface area contributed by atoms with E-state index in [0.29, 0.717) is 6.04 Å². The zero-order chi connectivity index (χ0) is 11.1. The molecular weight excluding hydrogens is 268 g/mol. The molecule has 0 radical (unpaired) electrons. The molecule has 0 spiro atoms. The van der Waals surface area contributed by atoms with E-state index in [-0.39, 0.29) is 5.91 Å². The van der Waals surface area contributed by atoms with Crippen LogP contribution in [0.3, 0.4) is 0 Å². The second-order valence-electron chi connectivity index (χ2n) is 4.38. The lowest BCUT2D eigenvalue weighted by Crippen LogP contribution is -2.36. The summed E-state index contributed by atoms with van der Waals surface area (Å²) < 4.78 is 0.978. The average Bonchev–Trinajstić information content (AvgIpc) is 2.87. The molecule has 0 bridgehead atoms. The van der Waals surface area contributed by atoms with Crippen LogP contribution in [0.2, 0.25) is 0 Å². The van der Waals surface area contributed by atoms with Crippen molar-refractivity contribution >= 4 is 21.8 Å². The van der Waals surface area contributed by atoms with Crippen molar-refractivity contribution in [2.24, 2.45) is 0 Å². The molecule has 3 rings (SSSR count). The number of rotatable bonds is 1. The third kappa shape index (κ3) is 1.57. The molecule has 4 heteroatoms. The molecule has 1 aromatic carbocycles. The van der Waals surface area contributed by atoms with Gasteiger partial charge in [0.1, 0.15) is 0 Å². The Morgan fingerprint density at radius 2 is 2.31 bits per heavy atom.